The van der Waals surface area contributed by atoms with Crippen molar-refractivity contribution in [2.24, 2.45) is 16.8 Å². The SMILES string of the molecule is CN=C(NCc1c(C)noc1C)NCC1CCCCC1C(F)(F)F. The second kappa shape index (κ2) is 7.90. The molecule has 0 saturated heterocycles. The Morgan fingerprint density at radius 3 is 2.54 bits per heavy atom. The van der Waals surface area contributed by atoms with Crippen LogP contribution < -0.4 is 10.6 Å². The fourth-order valence-corrected chi connectivity index (χ4v) is 3.26. The molecule has 1 aliphatic rings. The number of aryl methyl sites for hydroxylation is 2. The van der Waals surface area contributed by atoms with Gasteiger partial charge in [0, 0.05) is 25.7 Å². The van der Waals surface area contributed by atoms with Gasteiger partial charge in [0.1, 0.15) is 5.76 Å². The lowest BCUT2D eigenvalue weighted by molar-refractivity contribution is -0.195. The minimum absolute atomic E-state index is 0.223. The Morgan fingerprint density at radius 2 is 1.96 bits per heavy atom. The third kappa shape index (κ3) is 4.64. The molecule has 1 heterocycles. The summed E-state index contributed by atoms with van der Waals surface area (Å²) in [6, 6.07) is 0. The summed E-state index contributed by atoms with van der Waals surface area (Å²) >= 11 is 0. The molecule has 0 amide bonds. The molecule has 0 aromatic carbocycles. The van der Waals surface area contributed by atoms with E-state index in [-0.39, 0.29) is 13.0 Å². The Bertz CT molecular complexity index is 549. The molecule has 8 heteroatoms. The number of nitrogens with one attached hydrogen (secondary N) is 2. The molecule has 1 aromatic rings. The molecule has 1 aromatic heterocycles. The van der Waals surface area contributed by atoms with Gasteiger partial charge in [-0.2, -0.15) is 13.2 Å². The maximum absolute atomic E-state index is 13.1. The molecule has 0 aliphatic heterocycles. The molecule has 2 N–H and O–H groups in total. The van der Waals surface area contributed by atoms with Crippen LogP contribution in [0.15, 0.2) is 9.52 Å². The van der Waals surface area contributed by atoms with Gasteiger partial charge in [0.05, 0.1) is 11.6 Å². The Balaban J connectivity index is 1.89. The second-order valence-corrected chi connectivity index (χ2v) is 6.30. The summed E-state index contributed by atoms with van der Waals surface area (Å²) < 4.78 is 44.5. The molecule has 2 unspecified atom stereocenters. The number of hydrogen-bond acceptors (Lipinski definition) is 3. The average Bonchev–Trinajstić information content (AvgIpc) is 2.86. The standard InChI is InChI=1S/C16H25F3N4O/c1-10-13(11(2)24-23-10)9-22-15(20-3)21-8-12-6-4-5-7-14(12)16(17,18)19/h12,14H,4-9H2,1-3H3,(H2,20,21,22). The number of hydrogen-bond donors (Lipinski definition) is 2. The summed E-state index contributed by atoms with van der Waals surface area (Å²) in [4.78, 5) is 4.08. The topological polar surface area (TPSA) is 62.5 Å². The number of guanidine groups is 1. The number of rotatable bonds is 4. The lowest BCUT2D eigenvalue weighted by Crippen LogP contribution is -2.44. The first-order valence-electron chi connectivity index (χ1n) is 8.26. The Kier molecular flexibility index (Phi) is 6.12. The van der Waals surface area contributed by atoms with Gasteiger partial charge >= 0.3 is 6.18 Å². The van der Waals surface area contributed by atoms with Crippen molar-refractivity contribution in [3.63, 3.8) is 0 Å². The highest BCUT2D eigenvalue weighted by atomic mass is 19.4. The minimum Gasteiger partial charge on any atom is -0.361 e. The van der Waals surface area contributed by atoms with Crippen LogP contribution in [0.4, 0.5) is 13.2 Å². The van der Waals surface area contributed by atoms with Crippen molar-refractivity contribution in [3.05, 3.63) is 17.0 Å². The Morgan fingerprint density at radius 1 is 1.25 bits per heavy atom. The third-order valence-electron chi connectivity index (χ3n) is 4.70. The zero-order chi connectivity index (χ0) is 17.7. The van der Waals surface area contributed by atoms with Gasteiger partial charge in [-0.1, -0.05) is 18.0 Å². The predicted molar refractivity (Wildman–Crippen MR) is 85.7 cm³/mol. The van der Waals surface area contributed by atoms with Crippen molar-refractivity contribution in [1.29, 1.82) is 0 Å². The van der Waals surface area contributed by atoms with Crippen LogP contribution in [0.3, 0.4) is 0 Å². The zero-order valence-electron chi connectivity index (χ0n) is 14.3. The van der Waals surface area contributed by atoms with Crippen LogP contribution in [0, 0.1) is 25.7 Å². The normalized spacial score (nSPS) is 22.5. The molecule has 0 bridgehead atoms. The molecule has 1 aliphatic carbocycles. The van der Waals surface area contributed by atoms with Crippen LogP contribution in [-0.2, 0) is 6.54 Å². The van der Waals surface area contributed by atoms with E-state index < -0.39 is 18.0 Å². The zero-order valence-corrected chi connectivity index (χ0v) is 14.3. The average molecular weight is 346 g/mol. The van der Waals surface area contributed by atoms with Crippen LogP contribution in [0.2, 0.25) is 0 Å². The van der Waals surface area contributed by atoms with E-state index in [0.29, 0.717) is 25.3 Å². The molecule has 2 rings (SSSR count). The fourth-order valence-electron chi connectivity index (χ4n) is 3.26. The number of alkyl halides is 3. The third-order valence-corrected chi connectivity index (χ3v) is 4.70. The van der Waals surface area contributed by atoms with E-state index in [9.17, 15) is 13.2 Å². The van der Waals surface area contributed by atoms with Gasteiger partial charge in [0.2, 0.25) is 0 Å². The van der Waals surface area contributed by atoms with Crippen LogP contribution in [-0.4, -0.2) is 30.9 Å². The monoisotopic (exact) mass is 346 g/mol. The van der Waals surface area contributed by atoms with E-state index in [4.69, 9.17) is 4.52 Å². The van der Waals surface area contributed by atoms with Crippen LogP contribution in [0.5, 0.6) is 0 Å². The Hall–Kier alpha value is -1.73. The van der Waals surface area contributed by atoms with Crippen molar-refractivity contribution in [2.75, 3.05) is 13.6 Å². The van der Waals surface area contributed by atoms with Crippen molar-refractivity contribution in [1.82, 2.24) is 15.8 Å². The van der Waals surface area contributed by atoms with Crippen LogP contribution in [0.1, 0.15) is 42.7 Å². The van der Waals surface area contributed by atoms with E-state index in [1.807, 2.05) is 13.8 Å². The van der Waals surface area contributed by atoms with E-state index in [1.165, 1.54) is 0 Å². The molecule has 0 radical (unpaired) electrons. The number of halogens is 3. The lowest BCUT2D eigenvalue weighted by Gasteiger charge is -2.33. The summed E-state index contributed by atoms with van der Waals surface area (Å²) in [5, 5.41) is 10.0. The van der Waals surface area contributed by atoms with Crippen molar-refractivity contribution >= 4 is 5.96 Å². The van der Waals surface area contributed by atoms with Crippen LogP contribution in [0.25, 0.3) is 0 Å². The molecule has 1 fully saturated rings. The quantitative estimate of drug-likeness (QED) is 0.648. The summed E-state index contributed by atoms with van der Waals surface area (Å²) in [6.45, 7) is 4.41. The first kappa shape index (κ1) is 18.6. The first-order chi connectivity index (χ1) is 11.3. The summed E-state index contributed by atoms with van der Waals surface area (Å²) in [5.74, 6) is -0.419. The van der Waals surface area contributed by atoms with E-state index in [0.717, 1.165) is 23.4 Å². The molecular weight excluding hydrogens is 321 g/mol. The molecule has 136 valence electrons. The van der Waals surface area contributed by atoms with Gasteiger partial charge in [-0.05, 0) is 32.6 Å². The summed E-state index contributed by atoms with van der Waals surface area (Å²) in [6.07, 6.45) is -1.80. The minimum atomic E-state index is -4.12. The second-order valence-electron chi connectivity index (χ2n) is 6.30. The molecule has 5 nitrogen and oxygen atoms in total. The smallest absolute Gasteiger partial charge is 0.361 e. The number of nitrogens with zero attached hydrogens (tertiary/aromatic N) is 2. The fraction of sp³-hybridized carbons (Fsp3) is 0.750. The van der Waals surface area contributed by atoms with E-state index in [2.05, 4.69) is 20.8 Å². The highest BCUT2D eigenvalue weighted by Crippen LogP contribution is 2.41. The predicted octanol–water partition coefficient (Wildman–Crippen LogP) is 3.33. The van der Waals surface area contributed by atoms with Crippen molar-refractivity contribution in [2.45, 2.75) is 52.3 Å². The van der Waals surface area contributed by atoms with Crippen molar-refractivity contribution in [3.8, 4) is 0 Å². The summed E-state index contributed by atoms with van der Waals surface area (Å²) in [7, 11) is 1.60. The molecule has 24 heavy (non-hydrogen) atoms. The molecule has 1 saturated carbocycles. The highest BCUT2D eigenvalue weighted by Gasteiger charge is 2.45. The molecular formula is C16H25F3N4O. The van der Waals surface area contributed by atoms with Gasteiger partial charge in [-0.3, -0.25) is 4.99 Å². The maximum atomic E-state index is 13.1. The van der Waals surface area contributed by atoms with Gasteiger partial charge in [0.25, 0.3) is 0 Å². The van der Waals surface area contributed by atoms with Crippen LogP contribution >= 0.6 is 0 Å². The van der Waals surface area contributed by atoms with Gasteiger partial charge < -0.3 is 15.2 Å². The first-order valence-corrected chi connectivity index (χ1v) is 8.26. The molecule has 2 atom stereocenters. The largest absolute Gasteiger partial charge is 0.392 e. The highest BCUT2D eigenvalue weighted by molar-refractivity contribution is 5.79. The van der Waals surface area contributed by atoms with Gasteiger partial charge in [-0.15, -0.1) is 0 Å². The number of aliphatic imine (C=N–C) groups is 1. The van der Waals surface area contributed by atoms with E-state index in [1.54, 1.807) is 7.05 Å². The lowest BCUT2D eigenvalue weighted by atomic mass is 9.79. The Labute approximate surface area is 140 Å². The van der Waals surface area contributed by atoms with E-state index >= 15 is 0 Å². The summed E-state index contributed by atoms with van der Waals surface area (Å²) in [5.41, 5.74) is 1.73. The number of aromatic nitrogens is 1. The maximum Gasteiger partial charge on any atom is 0.392 e. The van der Waals surface area contributed by atoms with Gasteiger partial charge in [0.15, 0.2) is 5.96 Å². The van der Waals surface area contributed by atoms with Crippen molar-refractivity contribution < 1.29 is 17.7 Å². The molecule has 0 spiro atoms. The van der Waals surface area contributed by atoms with Gasteiger partial charge in [-0.25, -0.2) is 0 Å².